The second-order valence-electron chi connectivity index (χ2n) is 4.89. The number of amides is 1. The molecule has 0 spiro atoms. The first-order valence-corrected chi connectivity index (χ1v) is 7.24. The summed E-state index contributed by atoms with van der Waals surface area (Å²) in [6.07, 6.45) is 2.57. The van der Waals surface area contributed by atoms with Crippen LogP contribution in [-0.2, 0) is 11.2 Å². The van der Waals surface area contributed by atoms with Crippen LogP contribution in [0.3, 0.4) is 0 Å². The molecule has 19 heavy (non-hydrogen) atoms. The summed E-state index contributed by atoms with van der Waals surface area (Å²) in [4.78, 5) is 14.2. The number of benzene rings is 1. The summed E-state index contributed by atoms with van der Waals surface area (Å²) in [7, 11) is 1.94. The fourth-order valence-corrected chi connectivity index (χ4v) is 2.70. The van der Waals surface area contributed by atoms with E-state index in [9.17, 15) is 4.79 Å². The third-order valence-corrected chi connectivity index (χ3v) is 4.26. The van der Waals surface area contributed by atoms with E-state index in [4.69, 9.17) is 23.2 Å². The second-order valence-corrected chi connectivity index (χ2v) is 5.71. The first kappa shape index (κ1) is 14.6. The van der Waals surface area contributed by atoms with E-state index in [1.165, 1.54) is 0 Å². The van der Waals surface area contributed by atoms with Crippen LogP contribution in [0.15, 0.2) is 18.2 Å². The Kier molecular flexibility index (Phi) is 5.08. The Bertz CT molecular complexity index is 465. The minimum atomic E-state index is 0.151. The van der Waals surface area contributed by atoms with Crippen LogP contribution in [0.25, 0.3) is 0 Å². The van der Waals surface area contributed by atoms with Gasteiger partial charge in [-0.05, 0) is 37.6 Å². The number of likely N-dealkylation sites (tertiary alicyclic amines) is 1. The number of carbonyl (C=O) groups is 1. The van der Waals surface area contributed by atoms with E-state index < -0.39 is 0 Å². The number of rotatable bonds is 3. The van der Waals surface area contributed by atoms with E-state index in [1.54, 1.807) is 12.1 Å². The highest BCUT2D eigenvalue weighted by molar-refractivity contribution is 6.42. The van der Waals surface area contributed by atoms with Gasteiger partial charge >= 0.3 is 0 Å². The van der Waals surface area contributed by atoms with Gasteiger partial charge in [0.25, 0.3) is 0 Å². The molecule has 2 rings (SSSR count). The predicted octanol–water partition coefficient (Wildman–Crippen LogP) is 2.75. The Morgan fingerprint density at radius 1 is 1.42 bits per heavy atom. The van der Waals surface area contributed by atoms with Crippen LogP contribution in [0.2, 0.25) is 10.0 Å². The third kappa shape index (κ3) is 3.85. The zero-order valence-corrected chi connectivity index (χ0v) is 12.5. The maximum absolute atomic E-state index is 12.2. The van der Waals surface area contributed by atoms with Crippen molar-refractivity contribution in [1.82, 2.24) is 10.2 Å². The van der Waals surface area contributed by atoms with Gasteiger partial charge < -0.3 is 10.2 Å². The van der Waals surface area contributed by atoms with Crippen molar-refractivity contribution in [3.05, 3.63) is 33.8 Å². The highest BCUT2D eigenvalue weighted by Gasteiger charge is 2.22. The predicted molar refractivity (Wildman–Crippen MR) is 78.8 cm³/mol. The van der Waals surface area contributed by atoms with Crippen molar-refractivity contribution < 1.29 is 4.79 Å². The summed E-state index contributed by atoms with van der Waals surface area (Å²) in [5.41, 5.74) is 0.908. The molecule has 5 heteroatoms. The average Bonchev–Trinajstić information content (AvgIpc) is 2.43. The molecule has 1 N–H and O–H groups in total. The lowest BCUT2D eigenvalue weighted by Crippen LogP contribution is -2.47. The quantitative estimate of drug-likeness (QED) is 0.931. The normalized spacial score (nSPS) is 19.5. The van der Waals surface area contributed by atoms with Gasteiger partial charge in [0.2, 0.25) is 5.91 Å². The van der Waals surface area contributed by atoms with Gasteiger partial charge in [-0.2, -0.15) is 0 Å². The molecular formula is C14H18Cl2N2O. The van der Waals surface area contributed by atoms with Crippen LogP contribution in [-0.4, -0.2) is 37.0 Å². The van der Waals surface area contributed by atoms with Crippen LogP contribution < -0.4 is 5.32 Å². The van der Waals surface area contributed by atoms with E-state index >= 15 is 0 Å². The Morgan fingerprint density at radius 3 is 2.89 bits per heavy atom. The summed E-state index contributed by atoms with van der Waals surface area (Å²) >= 11 is 11.8. The van der Waals surface area contributed by atoms with E-state index in [0.29, 0.717) is 22.5 Å². The molecule has 1 aliphatic rings. The van der Waals surface area contributed by atoms with Gasteiger partial charge in [0.1, 0.15) is 0 Å². The summed E-state index contributed by atoms with van der Waals surface area (Å²) < 4.78 is 0. The standard InChI is InChI=1S/C14H18Cl2N2O/c1-17-11-3-2-6-18(9-11)14(19)8-10-4-5-12(15)13(16)7-10/h4-5,7,11,17H,2-3,6,8-9H2,1H3. The molecule has 1 heterocycles. The van der Waals surface area contributed by atoms with Crippen LogP contribution in [0.1, 0.15) is 18.4 Å². The zero-order chi connectivity index (χ0) is 13.8. The molecule has 1 fully saturated rings. The molecule has 0 aliphatic carbocycles. The number of halogens is 2. The molecule has 0 bridgehead atoms. The fraction of sp³-hybridized carbons (Fsp3) is 0.500. The van der Waals surface area contributed by atoms with Gasteiger partial charge in [0.15, 0.2) is 0 Å². The molecular weight excluding hydrogens is 283 g/mol. The van der Waals surface area contributed by atoms with Gasteiger partial charge in [-0.25, -0.2) is 0 Å². The number of piperidine rings is 1. The molecule has 104 valence electrons. The van der Waals surface area contributed by atoms with Crippen molar-refractivity contribution >= 4 is 29.1 Å². The van der Waals surface area contributed by atoms with Crippen LogP contribution in [0.4, 0.5) is 0 Å². The molecule has 1 saturated heterocycles. The first-order chi connectivity index (χ1) is 9.10. The van der Waals surface area contributed by atoms with Gasteiger partial charge in [0, 0.05) is 19.1 Å². The van der Waals surface area contributed by atoms with E-state index in [1.807, 2.05) is 18.0 Å². The summed E-state index contributed by atoms with van der Waals surface area (Å²) in [6, 6.07) is 5.76. The Morgan fingerprint density at radius 2 is 2.21 bits per heavy atom. The largest absolute Gasteiger partial charge is 0.341 e. The number of hydrogen-bond acceptors (Lipinski definition) is 2. The number of hydrogen-bond donors (Lipinski definition) is 1. The lowest BCUT2D eigenvalue weighted by atomic mass is 10.0. The van der Waals surface area contributed by atoms with Gasteiger partial charge in [0.05, 0.1) is 16.5 Å². The van der Waals surface area contributed by atoms with Gasteiger partial charge in [-0.15, -0.1) is 0 Å². The van der Waals surface area contributed by atoms with Crippen molar-refractivity contribution in [2.45, 2.75) is 25.3 Å². The molecule has 1 aliphatic heterocycles. The van der Waals surface area contributed by atoms with Gasteiger partial charge in [-0.1, -0.05) is 29.3 Å². The molecule has 1 atom stereocenters. The number of carbonyl (C=O) groups excluding carboxylic acids is 1. The molecule has 0 aromatic heterocycles. The van der Waals surface area contributed by atoms with Crippen LogP contribution in [0.5, 0.6) is 0 Å². The molecule has 1 amide bonds. The SMILES string of the molecule is CNC1CCCN(C(=O)Cc2ccc(Cl)c(Cl)c2)C1. The third-order valence-electron chi connectivity index (χ3n) is 3.52. The molecule has 1 aromatic rings. The van der Waals surface area contributed by atoms with Crippen LogP contribution in [0, 0.1) is 0 Å². The summed E-state index contributed by atoms with van der Waals surface area (Å²) in [5.74, 6) is 0.151. The smallest absolute Gasteiger partial charge is 0.227 e. The molecule has 0 radical (unpaired) electrons. The minimum absolute atomic E-state index is 0.151. The molecule has 3 nitrogen and oxygen atoms in total. The Balaban J connectivity index is 1.98. The highest BCUT2D eigenvalue weighted by Crippen LogP contribution is 2.23. The number of likely N-dealkylation sites (N-methyl/N-ethyl adjacent to an activating group) is 1. The fourth-order valence-electron chi connectivity index (χ4n) is 2.38. The highest BCUT2D eigenvalue weighted by atomic mass is 35.5. The minimum Gasteiger partial charge on any atom is -0.341 e. The molecule has 1 aromatic carbocycles. The molecule has 1 unspecified atom stereocenters. The lowest BCUT2D eigenvalue weighted by molar-refractivity contribution is -0.131. The maximum Gasteiger partial charge on any atom is 0.227 e. The Hall–Kier alpha value is -0.770. The first-order valence-electron chi connectivity index (χ1n) is 6.49. The summed E-state index contributed by atoms with van der Waals surface area (Å²) in [6.45, 7) is 1.63. The number of nitrogens with one attached hydrogen (secondary N) is 1. The van der Waals surface area contributed by atoms with Gasteiger partial charge in [-0.3, -0.25) is 4.79 Å². The van der Waals surface area contributed by atoms with Crippen molar-refractivity contribution in [2.24, 2.45) is 0 Å². The zero-order valence-electron chi connectivity index (χ0n) is 11.0. The second kappa shape index (κ2) is 6.60. The Labute approximate surface area is 123 Å². The van der Waals surface area contributed by atoms with Crippen molar-refractivity contribution in [3.8, 4) is 0 Å². The number of nitrogens with zero attached hydrogens (tertiary/aromatic N) is 1. The van der Waals surface area contributed by atoms with Crippen molar-refractivity contribution in [1.29, 1.82) is 0 Å². The summed E-state index contributed by atoms with van der Waals surface area (Å²) in [5, 5.41) is 4.26. The molecule has 0 saturated carbocycles. The monoisotopic (exact) mass is 300 g/mol. The maximum atomic E-state index is 12.2. The van der Waals surface area contributed by atoms with E-state index in [-0.39, 0.29) is 5.91 Å². The van der Waals surface area contributed by atoms with Crippen molar-refractivity contribution in [3.63, 3.8) is 0 Å². The van der Waals surface area contributed by atoms with Crippen molar-refractivity contribution in [2.75, 3.05) is 20.1 Å². The van der Waals surface area contributed by atoms with E-state index in [0.717, 1.165) is 31.5 Å². The van der Waals surface area contributed by atoms with E-state index in [2.05, 4.69) is 5.32 Å². The average molecular weight is 301 g/mol. The van der Waals surface area contributed by atoms with Crippen LogP contribution >= 0.6 is 23.2 Å². The lowest BCUT2D eigenvalue weighted by Gasteiger charge is -2.32. The topological polar surface area (TPSA) is 32.3 Å².